The van der Waals surface area contributed by atoms with Crippen LogP contribution in [0.15, 0.2) is 0 Å². The van der Waals surface area contributed by atoms with E-state index >= 15 is 0 Å². The molecule has 1 saturated heterocycles. The van der Waals surface area contributed by atoms with E-state index in [0.29, 0.717) is 25.6 Å². The molecule has 0 spiro atoms. The SMILES string of the molecule is CC(NCC1(O)CCOC1C)C(=O)NC1CCCC1. The van der Waals surface area contributed by atoms with E-state index in [4.69, 9.17) is 4.74 Å². The van der Waals surface area contributed by atoms with Crippen molar-refractivity contribution in [2.24, 2.45) is 0 Å². The van der Waals surface area contributed by atoms with Crippen molar-refractivity contribution in [3.05, 3.63) is 0 Å². The van der Waals surface area contributed by atoms with Crippen LogP contribution in [0.3, 0.4) is 0 Å². The number of amides is 1. The lowest BCUT2D eigenvalue weighted by molar-refractivity contribution is -0.123. The summed E-state index contributed by atoms with van der Waals surface area (Å²) in [4.78, 5) is 12.0. The Kier molecular flexibility index (Phi) is 4.81. The van der Waals surface area contributed by atoms with Gasteiger partial charge in [-0.05, 0) is 26.7 Å². The summed E-state index contributed by atoms with van der Waals surface area (Å²) < 4.78 is 5.38. The van der Waals surface area contributed by atoms with Gasteiger partial charge in [-0.15, -0.1) is 0 Å². The molecule has 3 atom stereocenters. The number of ether oxygens (including phenoxy) is 1. The van der Waals surface area contributed by atoms with E-state index in [9.17, 15) is 9.90 Å². The van der Waals surface area contributed by atoms with Gasteiger partial charge in [0.05, 0.1) is 12.1 Å². The Morgan fingerprint density at radius 1 is 1.47 bits per heavy atom. The lowest BCUT2D eigenvalue weighted by atomic mass is 9.96. The van der Waals surface area contributed by atoms with E-state index in [1.54, 1.807) is 0 Å². The molecule has 1 heterocycles. The van der Waals surface area contributed by atoms with Crippen LogP contribution in [0.4, 0.5) is 0 Å². The Bertz CT molecular complexity index is 318. The summed E-state index contributed by atoms with van der Waals surface area (Å²) in [6.07, 6.45) is 5.05. The molecule has 2 rings (SSSR count). The van der Waals surface area contributed by atoms with E-state index in [0.717, 1.165) is 12.8 Å². The van der Waals surface area contributed by atoms with E-state index in [2.05, 4.69) is 10.6 Å². The fraction of sp³-hybridized carbons (Fsp3) is 0.929. The predicted molar refractivity (Wildman–Crippen MR) is 72.8 cm³/mol. The highest BCUT2D eigenvalue weighted by Crippen LogP contribution is 2.24. The minimum Gasteiger partial charge on any atom is -0.386 e. The summed E-state index contributed by atoms with van der Waals surface area (Å²) >= 11 is 0. The van der Waals surface area contributed by atoms with Gasteiger partial charge >= 0.3 is 0 Å². The predicted octanol–water partition coefficient (Wildman–Crippen LogP) is 0.563. The molecule has 3 N–H and O–H groups in total. The van der Waals surface area contributed by atoms with Gasteiger partial charge < -0.3 is 20.5 Å². The molecule has 0 radical (unpaired) electrons. The third kappa shape index (κ3) is 3.68. The fourth-order valence-electron chi connectivity index (χ4n) is 2.82. The van der Waals surface area contributed by atoms with Crippen molar-refractivity contribution in [2.75, 3.05) is 13.2 Å². The average molecular weight is 270 g/mol. The van der Waals surface area contributed by atoms with Crippen LogP contribution in [0.5, 0.6) is 0 Å². The molecule has 19 heavy (non-hydrogen) atoms. The zero-order valence-corrected chi connectivity index (χ0v) is 11.9. The smallest absolute Gasteiger partial charge is 0.237 e. The zero-order chi connectivity index (χ0) is 13.9. The zero-order valence-electron chi connectivity index (χ0n) is 11.9. The van der Waals surface area contributed by atoms with Crippen molar-refractivity contribution < 1.29 is 14.6 Å². The molecule has 2 aliphatic rings. The van der Waals surface area contributed by atoms with Crippen LogP contribution < -0.4 is 10.6 Å². The second kappa shape index (κ2) is 6.20. The molecule has 0 aromatic carbocycles. The van der Waals surface area contributed by atoms with E-state index < -0.39 is 5.60 Å². The topological polar surface area (TPSA) is 70.6 Å². The highest BCUT2D eigenvalue weighted by Gasteiger charge is 2.39. The highest BCUT2D eigenvalue weighted by molar-refractivity contribution is 5.81. The molecule has 5 nitrogen and oxygen atoms in total. The molecule has 1 saturated carbocycles. The molecule has 3 unspecified atom stereocenters. The van der Waals surface area contributed by atoms with Gasteiger partial charge in [-0.3, -0.25) is 4.79 Å². The Morgan fingerprint density at radius 3 is 2.74 bits per heavy atom. The number of carbonyl (C=O) groups is 1. The Labute approximate surface area is 115 Å². The maximum atomic E-state index is 12.0. The van der Waals surface area contributed by atoms with Gasteiger partial charge in [-0.1, -0.05) is 12.8 Å². The summed E-state index contributed by atoms with van der Waals surface area (Å²) in [6, 6.07) is 0.0611. The molecule has 2 fully saturated rings. The Balaban J connectivity index is 1.74. The van der Waals surface area contributed by atoms with E-state index in [1.165, 1.54) is 12.8 Å². The summed E-state index contributed by atoms with van der Waals surface area (Å²) in [5, 5.41) is 16.5. The van der Waals surface area contributed by atoms with Gasteiger partial charge in [0.1, 0.15) is 5.60 Å². The molecule has 1 aliphatic heterocycles. The first-order valence-electron chi connectivity index (χ1n) is 7.39. The third-order valence-electron chi connectivity index (χ3n) is 4.47. The van der Waals surface area contributed by atoms with Gasteiger partial charge in [0.2, 0.25) is 5.91 Å². The maximum Gasteiger partial charge on any atom is 0.237 e. The van der Waals surface area contributed by atoms with Crippen molar-refractivity contribution in [3.8, 4) is 0 Å². The second-order valence-corrected chi connectivity index (χ2v) is 5.96. The third-order valence-corrected chi connectivity index (χ3v) is 4.47. The van der Waals surface area contributed by atoms with Crippen LogP contribution in [0, 0.1) is 0 Å². The number of carbonyl (C=O) groups excluding carboxylic acids is 1. The first-order valence-corrected chi connectivity index (χ1v) is 7.39. The molecule has 1 aliphatic carbocycles. The summed E-state index contributed by atoms with van der Waals surface area (Å²) in [7, 11) is 0. The van der Waals surface area contributed by atoms with Crippen molar-refractivity contribution in [1.29, 1.82) is 0 Å². The molecule has 0 bridgehead atoms. The van der Waals surface area contributed by atoms with Crippen LogP contribution in [-0.2, 0) is 9.53 Å². The Hall–Kier alpha value is -0.650. The quantitative estimate of drug-likeness (QED) is 0.683. The fourth-order valence-corrected chi connectivity index (χ4v) is 2.82. The minimum absolute atomic E-state index is 0.0297. The number of hydrogen-bond donors (Lipinski definition) is 3. The first-order chi connectivity index (χ1) is 9.01. The Morgan fingerprint density at radius 2 is 2.16 bits per heavy atom. The van der Waals surface area contributed by atoms with Gasteiger partial charge in [0.15, 0.2) is 0 Å². The van der Waals surface area contributed by atoms with E-state index in [-0.39, 0.29) is 18.1 Å². The monoisotopic (exact) mass is 270 g/mol. The lowest BCUT2D eigenvalue weighted by Gasteiger charge is -2.28. The lowest BCUT2D eigenvalue weighted by Crippen LogP contribution is -2.52. The van der Waals surface area contributed by atoms with E-state index in [1.807, 2.05) is 13.8 Å². The second-order valence-electron chi connectivity index (χ2n) is 5.96. The molecule has 0 aromatic heterocycles. The standard InChI is InChI=1S/C14H26N2O3/c1-10(13(17)16-12-5-3-4-6-12)15-9-14(18)7-8-19-11(14)2/h10-12,15,18H,3-9H2,1-2H3,(H,16,17). The first kappa shape index (κ1) is 14.8. The molecule has 1 amide bonds. The van der Waals surface area contributed by atoms with Crippen LogP contribution >= 0.6 is 0 Å². The minimum atomic E-state index is -0.845. The maximum absolute atomic E-state index is 12.0. The van der Waals surface area contributed by atoms with Crippen molar-refractivity contribution in [1.82, 2.24) is 10.6 Å². The van der Waals surface area contributed by atoms with Gasteiger partial charge in [0.25, 0.3) is 0 Å². The van der Waals surface area contributed by atoms with Crippen molar-refractivity contribution in [2.45, 2.75) is 69.7 Å². The summed E-state index contributed by atoms with van der Waals surface area (Å²) in [5.41, 5.74) is -0.845. The van der Waals surface area contributed by atoms with Crippen LogP contribution in [0.25, 0.3) is 0 Å². The van der Waals surface area contributed by atoms with Crippen LogP contribution in [0.1, 0.15) is 46.0 Å². The molecule has 5 heteroatoms. The number of hydrogen-bond acceptors (Lipinski definition) is 4. The largest absolute Gasteiger partial charge is 0.386 e. The highest BCUT2D eigenvalue weighted by atomic mass is 16.5. The van der Waals surface area contributed by atoms with Gasteiger partial charge in [-0.25, -0.2) is 0 Å². The van der Waals surface area contributed by atoms with Crippen LogP contribution in [-0.4, -0.2) is 48.0 Å². The molecular formula is C14H26N2O3. The van der Waals surface area contributed by atoms with Gasteiger partial charge in [0, 0.05) is 25.6 Å². The summed E-state index contributed by atoms with van der Waals surface area (Å²) in [5.74, 6) is 0.0297. The van der Waals surface area contributed by atoms with Gasteiger partial charge in [-0.2, -0.15) is 0 Å². The van der Waals surface area contributed by atoms with Crippen molar-refractivity contribution in [3.63, 3.8) is 0 Å². The molecule has 110 valence electrons. The van der Waals surface area contributed by atoms with Crippen molar-refractivity contribution >= 4 is 5.91 Å². The average Bonchev–Trinajstić information content (AvgIpc) is 2.98. The number of nitrogens with one attached hydrogen (secondary N) is 2. The van der Waals surface area contributed by atoms with Crippen LogP contribution in [0.2, 0.25) is 0 Å². The molecule has 0 aromatic rings. The number of rotatable bonds is 5. The number of aliphatic hydroxyl groups is 1. The summed E-state index contributed by atoms with van der Waals surface area (Å²) in [6.45, 7) is 4.70. The normalized spacial score (nSPS) is 33.5. The molecular weight excluding hydrogens is 244 g/mol.